The predicted octanol–water partition coefficient (Wildman–Crippen LogP) is 3.54. The second-order valence-corrected chi connectivity index (χ2v) is 4.27. The summed E-state index contributed by atoms with van der Waals surface area (Å²) in [5.74, 6) is -0.171. The lowest BCUT2D eigenvalue weighted by atomic mass is 10.2. The Hall–Kier alpha value is -2.82. The summed E-state index contributed by atoms with van der Waals surface area (Å²) in [5.41, 5.74) is -0.380. The summed E-state index contributed by atoms with van der Waals surface area (Å²) in [4.78, 5) is 7.39. The van der Waals surface area contributed by atoms with Crippen LogP contribution in [0.25, 0.3) is 0 Å². The van der Waals surface area contributed by atoms with Crippen molar-refractivity contribution < 1.29 is 13.2 Å². The van der Waals surface area contributed by atoms with Gasteiger partial charge in [-0.3, -0.25) is 0 Å². The lowest BCUT2D eigenvalue weighted by Crippen LogP contribution is -2.13. The van der Waals surface area contributed by atoms with E-state index in [2.05, 4.69) is 20.6 Å². The first kappa shape index (κ1) is 15.6. The maximum absolute atomic E-state index is 12.9. The van der Waals surface area contributed by atoms with Crippen LogP contribution in [0.3, 0.4) is 0 Å². The minimum Gasteiger partial charge on any atom is -0.354 e. The molecule has 0 amide bonds. The second kappa shape index (κ2) is 6.30. The van der Waals surface area contributed by atoms with Crippen LogP contribution in [0.4, 0.5) is 30.6 Å². The van der Waals surface area contributed by atoms with E-state index in [1.54, 1.807) is 31.2 Å². The van der Waals surface area contributed by atoms with Gasteiger partial charge in [-0.05, 0) is 19.1 Å². The van der Waals surface area contributed by atoms with E-state index in [-0.39, 0.29) is 11.8 Å². The summed E-state index contributed by atoms with van der Waals surface area (Å²) in [5, 5.41) is 14.4. The van der Waals surface area contributed by atoms with Gasteiger partial charge >= 0.3 is 6.18 Å². The van der Waals surface area contributed by atoms with Crippen LogP contribution in [0.2, 0.25) is 0 Å². The zero-order valence-electron chi connectivity index (χ0n) is 11.6. The number of hydrogen-bond donors (Lipinski definition) is 2. The zero-order valence-corrected chi connectivity index (χ0v) is 11.6. The minimum atomic E-state index is -4.59. The normalized spacial score (nSPS) is 10.9. The monoisotopic (exact) mass is 307 g/mol. The smallest absolute Gasteiger partial charge is 0.354 e. The molecule has 22 heavy (non-hydrogen) atoms. The van der Waals surface area contributed by atoms with Crippen LogP contribution in [0.5, 0.6) is 0 Å². The Morgan fingerprint density at radius 1 is 1.23 bits per heavy atom. The van der Waals surface area contributed by atoms with Crippen molar-refractivity contribution in [2.75, 3.05) is 17.2 Å². The standard InChI is InChI=1S/C14H12F3N5/c1-2-19-13-21-11(14(15,16)17)7-12(22-13)20-10-6-4-3-5-9(10)8-18/h3-7H,2H2,1H3,(H2,19,20,21,22). The molecule has 8 heteroatoms. The molecule has 1 heterocycles. The minimum absolute atomic E-state index is 0.0408. The van der Waals surface area contributed by atoms with E-state index in [4.69, 9.17) is 5.26 Å². The number of nitrogens with zero attached hydrogens (tertiary/aromatic N) is 3. The summed E-state index contributed by atoms with van der Waals surface area (Å²) in [6.45, 7) is 2.11. The first-order valence-electron chi connectivity index (χ1n) is 6.40. The molecule has 0 bridgehead atoms. The zero-order chi connectivity index (χ0) is 16.2. The van der Waals surface area contributed by atoms with Gasteiger partial charge in [0.2, 0.25) is 5.95 Å². The van der Waals surface area contributed by atoms with Gasteiger partial charge in [0, 0.05) is 12.6 Å². The van der Waals surface area contributed by atoms with Crippen molar-refractivity contribution in [3.63, 3.8) is 0 Å². The lowest BCUT2D eigenvalue weighted by Gasteiger charge is -2.12. The van der Waals surface area contributed by atoms with Crippen molar-refractivity contribution in [3.05, 3.63) is 41.6 Å². The maximum atomic E-state index is 12.9. The predicted molar refractivity (Wildman–Crippen MR) is 75.6 cm³/mol. The van der Waals surface area contributed by atoms with E-state index in [9.17, 15) is 13.2 Å². The third-order valence-electron chi connectivity index (χ3n) is 2.66. The molecule has 0 saturated carbocycles. The van der Waals surface area contributed by atoms with Crippen LogP contribution in [0.1, 0.15) is 18.2 Å². The molecule has 2 N–H and O–H groups in total. The van der Waals surface area contributed by atoms with Gasteiger partial charge in [0.15, 0.2) is 5.69 Å². The number of alkyl halides is 3. The molecule has 0 aliphatic carbocycles. The average Bonchev–Trinajstić information content (AvgIpc) is 2.47. The Labute approximate surface area is 124 Å². The molecule has 1 aromatic heterocycles. The van der Waals surface area contributed by atoms with Crippen molar-refractivity contribution in [2.24, 2.45) is 0 Å². The fraction of sp³-hybridized carbons (Fsp3) is 0.214. The third-order valence-corrected chi connectivity index (χ3v) is 2.66. The highest BCUT2D eigenvalue weighted by Gasteiger charge is 2.33. The van der Waals surface area contributed by atoms with Crippen LogP contribution < -0.4 is 10.6 Å². The van der Waals surface area contributed by atoms with E-state index < -0.39 is 11.9 Å². The maximum Gasteiger partial charge on any atom is 0.433 e. The number of para-hydroxylation sites is 1. The molecular formula is C14H12F3N5. The quantitative estimate of drug-likeness (QED) is 0.903. The number of aromatic nitrogens is 2. The summed E-state index contributed by atoms with van der Waals surface area (Å²) < 4.78 is 38.6. The van der Waals surface area contributed by atoms with E-state index in [1.807, 2.05) is 6.07 Å². The Kier molecular flexibility index (Phi) is 4.46. The number of hydrogen-bond acceptors (Lipinski definition) is 5. The highest BCUT2D eigenvalue weighted by Crippen LogP contribution is 2.30. The van der Waals surface area contributed by atoms with Crippen LogP contribution in [-0.2, 0) is 6.18 Å². The van der Waals surface area contributed by atoms with Crippen molar-refractivity contribution in [1.82, 2.24) is 9.97 Å². The molecule has 0 unspecified atom stereocenters. The largest absolute Gasteiger partial charge is 0.433 e. The van der Waals surface area contributed by atoms with Gasteiger partial charge in [-0.15, -0.1) is 0 Å². The highest BCUT2D eigenvalue weighted by atomic mass is 19.4. The number of nitriles is 1. The molecule has 0 aliphatic rings. The molecule has 0 aliphatic heterocycles. The summed E-state index contributed by atoms with van der Waals surface area (Å²) in [6, 6.07) is 9.22. The Morgan fingerprint density at radius 3 is 2.59 bits per heavy atom. The number of benzene rings is 1. The molecule has 0 atom stereocenters. The molecule has 2 aromatic rings. The number of nitrogens with one attached hydrogen (secondary N) is 2. The van der Waals surface area contributed by atoms with Crippen LogP contribution in [-0.4, -0.2) is 16.5 Å². The van der Waals surface area contributed by atoms with Crippen molar-refractivity contribution in [3.8, 4) is 6.07 Å². The Balaban J connectivity index is 2.42. The van der Waals surface area contributed by atoms with Crippen molar-refractivity contribution >= 4 is 17.5 Å². The molecular weight excluding hydrogens is 295 g/mol. The Bertz CT molecular complexity index is 706. The van der Waals surface area contributed by atoms with Crippen LogP contribution >= 0.6 is 0 Å². The number of anilines is 3. The SMILES string of the molecule is CCNc1nc(Nc2ccccc2C#N)cc(C(F)(F)F)n1. The van der Waals surface area contributed by atoms with E-state index in [0.29, 0.717) is 17.8 Å². The van der Waals surface area contributed by atoms with Gasteiger partial charge in [-0.2, -0.15) is 23.4 Å². The topological polar surface area (TPSA) is 73.6 Å². The van der Waals surface area contributed by atoms with Gasteiger partial charge < -0.3 is 10.6 Å². The van der Waals surface area contributed by atoms with Crippen LogP contribution in [0, 0.1) is 11.3 Å². The molecule has 0 saturated heterocycles. The highest BCUT2D eigenvalue weighted by molar-refractivity contribution is 5.65. The molecule has 1 aromatic carbocycles. The third kappa shape index (κ3) is 3.63. The van der Waals surface area contributed by atoms with E-state index in [0.717, 1.165) is 6.07 Å². The number of rotatable bonds is 4. The van der Waals surface area contributed by atoms with Crippen LogP contribution in [0.15, 0.2) is 30.3 Å². The lowest BCUT2D eigenvalue weighted by molar-refractivity contribution is -0.141. The van der Waals surface area contributed by atoms with E-state index >= 15 is 0 Å². The van der Waals surface area contributed by atoms with Gasteiger partial charge in [0.25, 0.3) is 0 Å². The molecule has 0 fully saturated rings. The molecule has 0 spiro atoms. The fourth-order valence-electron chi connectivity index (χ4n) is 1.72. The second-order valence-electron chi connectivity index (χ2n) is 4.27. The average molecular weight is 307 g/mol. The first-order chi connectivity index (χ1) is 10.4. The first-order valence-corrected chi connectivity index (χ1v) is 6.40. The van der Waals surface area contributed by atoms with E-state index in [1.165, 1.54) is 0 Å². The summed E-state index contributed by atoms with van der Waals surface area (Å²) in [7, 11) is 0. The fourth-order valence-corrected chi connectivity index (χ4v) is 1.72. The summed E-state index contributed by atoms with van der Waals surface area (Å²) >= 11 is 0. The molecule has 0 radical (unpaired) electrons. The van der Waals surface area contributed by atoms with Gasteiger partial charge in [-0.25, -0.2) is 4.98 Å². The molecule has 114 valence electrons. The van der Waals surface area contributed by atoms with Crippen molar-refractivity contribution in [1.29, 1.82) is 5.26 Å². The van der Waals surface area contributed by atoms with Gasteiger partial charge in [-0.1, -0.05) is 12.1 Å². The molecule has 5 nitrogen and oxygen atoms in total. The molecule has 2 rings (SSSR count). The number of halogens is 3. The van der Waals surface area contributed by atoms with Gasteiger partial charge in [0.05, 0.1) is 11.3 Å². The van der Waals surface area contributed by atoms with Gasteiger partial charge in [0.1, 0.15) is 11.9 Å². The van der Waals surface area contributed by atoms with Crippen molar-refractivity contribution in [2.45, 2.75) is 13.1 Å². The Morgan fingerprint density at radius 2 is 1.95 bits per heavy atom. The summed E-state index contributed by atoms with van der Waals surface area (Å²) in [6.07, 6.45) is -4.59.